The topological polar surface area (TPSA) is 63.9 Å². The summed E-state index contributed by atoms with van der Waals surface area (Å²) in [6.07, 6.45) is 3.77. The van der Waals surface area contributed by atoms with Crippen molar-refractivity contribution in [3.8, 4) is 10.6 Å². The lowest BCUT2D eigenvalue weighted by Gasteiger charge is -2.32. The summed E-state index contributed by atoms with van der Waals surface area (Å²) in [5.74, 6) is 1.06. The Bertz CT molecular complexity index is 963. The van der Waals surface area contributed by atoms with E-state index >= 15 is 0 Å². The number of nitrogens with zero attached hydrogens (tertiary/aromatic N) is 5. The first-order chi connectivity index (χ1) is 13.0. The summed E-state index contributed by atoms with van der Waals surface area (Å²) >= 11 is 1.68. The van der Waals surface area contributed by atoms with Crippen molar-refractivity contribution in [3.63, 3.8) is 0 Å². The molecule has 0 saturated carbocycles. The molecule has 140 valence electrons. The van der Waals surface area contributed by atoms with Gasteiger partial charge in [0, 0.05) is 37.9 Å². The van der Waals surface area contributed by atoms with Gasteiger partial charge < -0.3 is 4.90 Å². The van der Waals surface area contributed by atoms with E-state index in [9.17, 15) is 4.79 Å². The Morgan fingerprint density at radius 3 is 2.85 bits per heavy atom. The first kappa shape index (κ1) is 17.9. The summed E-state index contributed by atoms with van der Waals surface area (Å²) in [4.78, 5) is 25.6. The van der Waals surface area contributed by atoms with E-state index in [1.807, 2.05) is 37.9 Å². The van der Waals surface area contributed by atoms with Crippen LogP contribution in [0.1, 0.15) is 46.3 Å². The van der Waals surface area contributed by atoms with Crippen LogP contribution in [0.4, 0.5) is 0 Å². The zero-order chi connectivity index (χ0) is 19.0. The van der Waals surface area contributed by atoms with E-state index in [2.05, 4.69) is 16.5 Å². The van der Waals surface area contributed by atoms with Crippen molar-refractivity contribution in [1.82, 2.24) is 24.6 Å². The molecule has 0 spiro atoms. The number of amides is 1. The van der Waals surface area contributed by atoms with Gasteiger partial charge in [0.1, 0.15) is 5.82 Å². The molecule has 27 heavy (non-hydrogen) atoms. The molecule has 1 amide bonds. The minimum Gasteiger partial charge on any atom is -0.338 e. The van der Waals surface area contributed by atoms with Crippen LogP contribution in [0.25, 0.3) is 10.6 Å². The van der Waals surface area contributed by atoms with Gasteiger partial charge in [0.2, 0.25) is 0 Å². The second kappa shape index (κ2) is 7.23. The molecule has 0 bridgehead atoms. The van der Waals surface area contributed by atoms with Crippen LogP contribution in [0.3, 0.4) is 0 Å². The van der Waals surface area contributed by atoms with Crippen LogP contribution in [-0.2, 0) is 7.05 Å². The molecule has 3 aromatic rings. The first-order valence-corrected chi connectivity index (χ1v) is 10.1. The van der Waals surface area contributed by atoms with Crippen LogP contribution in [0, 0.1) is 13.8 Å². The summed E-state index contributed by atoms with van der Waals surface area (Å²) in [6.45, 7) is 5.31. The Hall–Kier alpha value is -2.54. The number of hydrogen-bond acceptors (Lipinski definition) is 5. The molecule has 0 unspecified atom stereocenters. The monoisotopic (exact) mass is 381 g/mol. The molecule has 0 N–H and O–H groups in total. The number of aryl methyl sites for hydroxylation is 3. The van der Waals surface area contributed by atoms with E-state index < -0.39 is 0 Å². The summed E-state index contributed by atoms with van der Waals surface area (Å²) in [5.41, 5.74) is 3.40. The number of rotatable bonds is 3. The number of aromatic nitrogens is 4. The number of carbonyl (C=O) groups is 1. The summed E-state index contributed by atoms with van der Waals surface area (Å²) < 4.78 is 1.70. The predicted molar refractivity (Wildman–Crippen MR) is 106 cm³/mol. The molecule has 0 radical (unpaired) electrons. The molecular weight excluding hydrogens is 358 g/mol. The van der Waals surface area contributed by atoms with Gasteiger partial charge in [-0.15, -0.1) is 11.3 Å². The lowest BCUT2D eigenvalue weighted by molar-refractivity contribution is 0.0703. The Balaban J connectivity index is 1.58. The molecule has 7 heteroatoms. The molecule has 6 nitrogen and oxygen atoms in total. The van der Waals surface area contributed by atoms with Gasteiger partial charge in [-0.3, -0.25) is 9.48 Å². The molecule has 1 aliphatic heterocycles. The first-order valence-electron chi connectivity index (χ1n) is 9.20. The van der Waals surface area contributed by atoms with Crippen LogP contribution in [0.5, 0.6) is 0 Å². The van der Waals surface area contributed by atoms with E-state index in [4.69, 9.17) is 9.97 Å². The van der Waals surface area contributed by atoms with Crippen molar-refractivity contribution in [2.45, 2.75) is 32.6 Å². The molecular formula is C20H23N5OS. The van der Waals surface area contributed by atoms with Gasteiger partial charge in [0.05, 0.1) is 21.8 Å². The Labute approximate surface area is 162 Å². The average Bonchev–Trinajstić information content (AvgIpc) is 3.30. The van der Waals surface area contributed by atoms with E-state index in [1.165, 1.54) is 0 Å². The lowest BCUT2D eigenvalue weighted by atomic mass is 9.96. The van der Waals surface area contributed by atoms with E-state index in [-0.39, 0.29) is 11.8 Å². The molecule has 1 aliphatic rings. The van der Waals surface area contributed by atoms with Gasteiger partial charge in [-0.2, -0.15) is 5.10 Å². The molecule has 4 heterocycles. The minimum absolute atomic E-state index is 0.0523. The highest BCUT2D eigenvalue weighted by atomic mass is 32.1. The van der Waals surface area contributed by atoms with Gasteiger partial charge >= 0.3 is 0 Å². The highest BCUT2D eigenvalue weighted by molar-refractivity contribution is 7.13. The number of thiophene rings is 1. The van der Waals surface area contributed by atoms with Crippen LogP contribution >= 0.6 is 11.3 Å². The third-order valence-corrected chi connectivity index (χ3v) is 5.86. The van der Waals surface area contributed by atoms with Gasteiger partial charge in [-0.1, -0.05) is 6.07 Å². The molecule has 4 rings (SSSR count). The minimum atomic E-state index is 0.0523. The average molecular weight is 382 g/mol. The fourth-order valence-corrected chi connectivity index (χ4v) is 4.36. The van der Waals surface area contributed by atoms with Crippen molar-refractivity contribution in [2.75, 3.05) is 13.1 Å². The predicted octanol–water partition coefficient (Wildman–Crippen LogP) is 3.58. The van der Waals surface area contributed by atoms with Crippen molar-refractivity contribution in [2.24, 2.45) is 7.05 Å². The van der Waals surface area contributed by atoms with Gasteiger partial charge in [0.15, 0.2) is 0 Å². The molecule has 1 fully saturated rings. The summed E-state index contributed by atoms with van der Waals surface area (Å²) in [6, 6.07) is 6.15. The Kier molecular flexibility index (Phi) is 4.78. The largest absolute Gasteiger partial charge is 0.338 e. The standard InChI is InChI=1S/C20H23N5OS/c1-13-10-17(18-7-5-9-27-18)22-19(21-13)15-6-4-8-25(11-15)20(26)16-12-24(3)23-14(16)2/h5,7,9-10,12,15H,4,6,8,11H2,1-3H3/t15-/m0/s1. The molecule has 3 aromatic heterocycles. The van der Waals surface area contributed by atoms with Gasteiger partial charge in [-0.25, -0.2) is 9.97 Å². The highest BCUT2D eigenvalue weighted by Crippen LogP contribution is 2.29. The molecule has 1 saturated heterocycles. The second-order valence-corrected chi connectivity index (χ2v) is 8.07. The highest BCUT2D eigenvalue weighted by Gasteiger charge is 2.29. The maximum absolute atomic E-state index is 13.0. The van der Waals surface area contributed by atoms with Crippen molar-refractivity contribution < 1.29 is 4.79 Å². The zero-order valence-corrected chi connectivity index (χ0v) is 16.7. The Morgan fingerprint density at radius 1 is 1.30 bits per heavy atom. The SMILES string of the molecule is Cc1cc(-c2cccs2)nc([C@H]2CCCN(C(=O)c3cn(C)nc3C)C2)n1. The smallest absolute Gasteiger partial charge is 0.257 e. The fraction of sp³-hybridized carbons (Fsp3) is 0.400. The maximum atomic E-state index is 13.0. The van der Waals surface area contributed by atoms with Crippen molar-refractivity contribution in [1.29, 1.82) is 0 Å². The zero-order valence-electron chi connectivity index (χ0n) is 15.8. The molecule has 0 aromatic carbocycles. The van der Waals surface area contributed by atoms with E-state index in [0.717, 1.165) is 47.2 Å². The van der Waals surface area contributed by atoms with Gasteiger partial charge in [-0.05, 0) is 44.2 Å². The van der Waals surface area contributed by atoms with E-state index in [1.54, 1.807) is 22.2 Å². The number of hydrogen-bond donors (Lipinski definition) is 0. The quantitative estimate of drug-likeness (QED) is 0.696. The maximum Gasteiger partial charge on any atom is 0.257 e. The van der Waals surface area contributed by atoms with E-state index in [0.29, 0.717) is 12.1 Å². The normalized spacial score (nSPS) is 17.3. The number of piperidine rings is 1. The molecule has 0 aliphatic carbocycles. The number of likely N-dealkylation sites (tertiary alicyclic amines) is 1. The van der Waals surface area contributed by atoms with Gasteiger partial charge in [0.25, 0.3) is 5.91 Å². The fourth-order valence-electron chi connectivity index (χ4n) is 3.68. The van der Waals surface area contributed by atoms with Crippen LogP contribution < -0.4 is 0 Å². The molecule has 1 atom stereocenters. The van der Waals surface area contributed by atoms with Crippen molar-refractivity contribution >= 4 is 17.2 Å². The lowest BCUT2D eigenvalue weighted by Crippen LogP contribution is -2.39. The van der Waals surface area contributed by atoms with Crippen LogP contribution in [0.2, 0.25) is 0 Å². The third kappa shape index (κ3) is 3.64. The summed E-state index contributed by atoms with van der Waals surface area (Å²) in [5, 5.41) is 6.36. The van der Waals surface area contributed by atoms with Crippen LogP contribution in [0.15, 0.2) is 29.8 Å². The van der Waals surface area contributed by atoms with Crippen LogP contribution in [-0.4, -0.2) is 43.6 Å². The second-order valence-electron chi connectivity index (χ2n) is 7.12. The number of carbonyl (C=O) groups excluding carboxylic acids is 1. The Morgan fingerprint density at radius 2 is 2.15 bits per heavy atom. The van der Waals surface area contributed by atoms with Crippen molar-refractivity contribution in [3.05, 3.63) is 52.6 Å². The third-order valence-electron chi connectivity index (χ3n) is 4.96. The summed E-state index contributed by atoms with van der Waals surface area (Å²) in [7, 11) is 1.84.